The minimum Gasteiger partial charge on any atom is -0.497 e. The topological polar surface area (TPSA) is 84.8 Å². The highest BCUT2D eigenvalue weighted by molar-refractivity contribution is 5.28. The predicted molar refractivity (Wildman–Crippen MR) is 99.4 cm³/mol. The first kappa shape index (κ1) is 19.7. The van der Waals surface area contributed by atoms with E-state index in [4.69, 9.17) is 33.2 Å². The first-order valence-corrected chi connectivity index (χ1v) is 10.2. The Morgan fingerprint density at radius 2 is 1.62 bits per heavy atom. The number of methoxy groups -OCH3 is 1. The molecule has 1 aromatic rings. The number of rotatable bonds is 2. The molecule has 0 bridgehead atoms. The monoisotopic (exact) mass is 408 g/mol. The number of fused-ring (bicyclic) bond motifs is 3. The first-order valence-electron chi connectivity index (χ1n) is 10.2. The van der Waals surface area contributed by atoms with Crippen LogP contribution in [0, 0.1) is 0 Å². The number of ether oxygens (including phenoxy) is 7. The van der Waals surface area contributed by atoms with Gasteiger partial charge in [0.15, 0.2) is 12.1 Å². The molecule has 1 N–H and O–H groups in total. The third-order valence-electron chi connectivity index (χ3n) is 6.04. The highest BCUT2D eigenvalue weighted by Crippen LogP contribution is 2.40. The molecule has 4 saturated heterocycles. The predicted octanol–water partition coefficient (Wildman–Crippen LogP) is 1.55. The third-order valence-corrected chi connectivity index (χ3v) is 6.04. The largest absolute Gasteiger partial charge is 0.497 e. The molecule has 8 nitrogen and oxygen atoms in total. The summed E-state index contributed by atoms with van der Waals surface area (Å²) in [5.74, 6) is 0.126. The Morgan fingerprint density at radius 3 is 2.38 bits per heavy atom. The summed E-state index contributed by atoms with van der Waals surface area (Å²) < 4.78 is 41.4. The summed E-state index contributed by atoms with van der Waals surface area (Å²) in [5, 5.41) is 11.1. The van der Waals surface area contributed by atoms with Crippen molar-refractivity contribution in [2.45, 2.75) is 75.1 Å². The maximum atomic E-state index is 11.1. The lowest BCUT2D eigenvalue weighted by atomic mass is 9.91. The minimum atomic E-state index is -0.824. The van der Waals surface area contributed by atoms with E-state index in [0.29, 0.717) is 19.6 Å². The highest BCUT2D eigenvalue weighted by Gasteiger charge is 2.54. The Kier molecular flexibility index (Phi) is 5.06. The number of benzene rings is 1. The molecule has 0 aliphatic carbocycles. The molecule has 4 fully saturated rings. The van der Waals surface area contributed by atoms with Gasteiger partial charge in [-0.15, -0.1) is 0 Å². The van der Waals surface area contributed by atoms with Crippen molar-refractivity contribution >= 4 is 0 Å². The Balaban J connectivity index is 1.29. The molecule has 8 atom stereocenters. The molecule has 0 spiro atoms. The number of aliphatic hydroxyl groups excluding tert-OH is 1. The molecule has 5 rings (SSSR count). The van der Waals surface area contributed by atoms with Crippen LogP contribution >= 0.6 is 0 Å². The van der Waals surface area contributed by atoms with Crippen LogP contribution in [0.25, 0.3) is 0 Å². The number of hydrogen-bond acceptors (Lipinski definition) is 8. The van der Waals surface area contributed by atoms with Crippen LogP contribution in [0.2, 0.25) is 0 Å². The lowest BCUT2D eigenvalue weighted by Crippen LogP contribution is -2.62. The average molecular weight is 408 g/mol. The van der Waals surface area contributed by atoms with Crippen LogP contribution < -0.4 is 4.74 Å². The summed E-state index contributed by atoms with van der Waals surface area (Å²) >= 11 is 0. The van der Waals surface area contributed by atoms with E-state index in [2.05, 4.69) is 0 Å². The zero-order valence-corrected chi connectivity index (χ0v) is 16.9. The van der Waals surface area contributed by atoms with Crippen molar-refractivity contribution in [1.82, 2.24) is 0 Å². The van der Waals surface area contributed by atoms with Crippen LogP contribution in [0.5, 0.6) is 5.75 Å². The van der Waals surface area contributed by atoms with Gasteiger partial charge in [0.25, 0.3) is 0 Å². The van der Waals surface area contributed by atoms with Crippen molar-refractivity contribution in [2.75, 3.05) is 20.3 Å². The molecule has 4 heterocycles. The van der Waals surface area contributed by atoms with Gasteiger partial charge >= 0.3 is 0 Å². The molecule has 29 heavy (non-hydrogen) atoms. The summed E-state index contributed by atoms with van der Waals surface area (Å²) in [4.78, 5) is 0. The lowest BCUT2D eigenvalue weighted by Gasteiger charge is -2.47. The van der Waals surface area contributed by atoms with E-state index in [9.17, 15) is 5.11 Å². The molecule has 1 aromatic carbocycles. The van der Waals surface area contributed by atoms with Gasteiger partial charge in [-0.1, -0.05) is 12.1 Å². The maximum absolute atomic E-state index is 11.1. The summed E-state index contributed by atoms with van der Waals surface area (Å²) in [6.07, 6.45) is -2.79. The van der Waals surface area contributed by atoms with Crippen molar-refractivity contribution < 1.29 is 38.3 Å². The quantitative estimate of drug-likeness (QED) is 0.789. The van der Waals surface area contributed by atoms with Gasteiger partial charge in [0.05, 0.1) is 32.5 Å². The molecule has 8 heteroatoms. The standard InChI is InChI=1S/C21H28O8/c1-21(2)28-13-8-14-18(24-9-15(13)29-21)17(22)19-16(26-14)10-25-20(27-19)11-4-6-12(23-3)7-5-11/h4-7,13-20,22H,8-10H2,1-3H3/t13-,14-,15+,16+,17+,18-,19+,20+/m0/s1. The Morgan fingerprint density at radius 1 is 0.897 bits per heavy atom. The van der Waals surface area contributed by atoms with E-state index in [0.717, 1.165) is 11.3 Å². The maximum Gasteiger partial charge on any atom is 0.184 e. The van der Waals surface area contributed by atoms with Gasteiger partial charge in [0.2, 0.25) is 0 Å². The van der Waals surface area contributed by atoms with Crippen molar-refractivity contribution in [2.24, 2.45) is 0 Å². The second-order valence-electron chi connectivity index (χ2n) is 8.49. The molecule has 0 amide bonds. The summed E-state index contributed by atoms with van der Waals surface area (Å²) in [6, 6.07) is 7.49. The summed E-state index contributed by atoms with van der Waals surface area (Å²) in [5.41, 5.74) is 0.860. The molecule has 0 saturated carbocycles. The van der Waals surface area contributed by atoms with Gasteiger partial charge in [-0.05, 0) is 26.0 Å². The van der Waals surface area contributed by atoms with Crippen molar-refractivity contribution in [3.05, 3.63) is 29.8 Å². The molecule has 0 unspecified atom stereocenters. The van der Waals surface area contributed by atoms with Crippen LogP contribution in [-0.4, -0.2) is 73.9 Å². The van der Waals surface area contributed by atoms with Crippen molar-refractivity contribution in [1.29, 1.82) is 0 Å². The minimum absolute atomic E-state index is 0.124. The summed E-state index contributed by atoms with van der Waals surface area (Å²) in [7, 11) is 1.62. The van der Waals surface area contributed by atoms with E-state index in [1.807, 2.05) is 38.1 Å². The normalized spacial score (nSPS) is 43.6. The van der Waals surface area contributed by atoms with Crippen LogP contribution in [0.4, 0.5) is 0 Å². The lowest BCUT2D eigenvalue weighted by molar-refractivity contribution is -0.333. The Bertz CT molecular complexity index is 722. The van der Waals surface area contributed by atoms with E-state index < -0.39 is 30.4 Å². The number of hydrogen-bond donors (Lipinski definition) is 1. The molecule has 0 radical (unpaired) electrons. The zero-order valence-electron chi connectivity index (χ0n) is 16.9. The third kappa shape index (κ3) is 3.67. The van der Waals surface area contributed by atoms with Gasteiger partial charge in [-0.3, -0.25) is 0 Å². The molecule has 160 valence electrons. The highest BCUT2D eigenvalue weighted by atomic mass is 16.8. The van der Waals surface area contributed by atoms with Gasteiger partial charge < -0.3 is 38.3 Å². The van der Waals surface area contributed by atoms with Gasteiger partial charge in [-0.2, -0.15) is 0 Å². The molecular weight excluding hydrogens is 380 g/mol. The van der Waals surface area contributed by atoms with E-state index in [-0.39, 0.29) is 24.4 Å². The van der Waals surface area contributed by atoms with Crippen LogP contribution in [0.1, 0.15) is 32.1 Å². The van der Waals surface area contributed by atoms with E-state index in [1.165, 1.54) is 0 Å². The van der Waals surface area contributed by atoms with Crippen LogP contribution in [0.15, 0.2) is 24.3 Å². The van der Waals surface area contributed by atoms with Crippen molar-refractivity contribution in [3.63, 3.8) is 0 Å². The molecule has 0 aromatic heterocycles. The first-order chi connectivity index (χ1) is 13.9. The van der Waals surface area contributed by atoms with Gasteiger partial charge in [0, 0.05) is 12.0 Å². The average Bonchev–Trinajstić information content (AvgIpc) is 2.90. The molecular formula is C21H28O8. The van der Waals surface area contributed by atoms with Gasteiger partial charge in [-0.25, -0.2) is 0 Å². The van der Waals surface area contributed by atoms with E-state index in [1.54, 1.807) is 7.11 Å². The van der Waals surface area contributed by atoms with Crippen LogP contribution in [0.3, 0.4) is 0 Å². The second-order valence-corrected chi connectivity index (χ2v) is 8.49. The summed E-state index contributed by atoms with van der Waals surface area (Å²) in [6.45, 7) is 4.48. The number of aliphatic hydroxyl groups is 1. The second kappa shape index (κ2) is 7.46. The zero-order chi connectivity index (χ0) is 20.2. The molecule has 4 aliphatic rings. The fourth-order valence-electron chi connectivity index (χ4n) is 4.69. The van der Waals surface area contributed by atoms with E-state index >= 15 is 0 Å². The SMILES string of the molecule is COc1ccc([C@@H]2OC[C@H]3O[C@H]4C[C@@H]5OC(C)(C)O[C@@H]5CO[C@@H]4[C@@H](O)[C@@H]3O2)cc1. The Labute approximate surface area is 169 Å². The van der Waals surface area contributed by atoms with Crippen molar-refractivity contribution in [3.8, 4) is 5.75 Å². The fraction of sp³-hybridized carbons (Fsp3) is 0.714. The smallest absolute Gasteiger partial charge is 0.184 e. The fourth-order valence-corrected chi connectivity index (χ4v) is 4.69. The molecule has 4 aliphatic heterocycles. The Hall–Kier alpha value is -1.26. The van der Waals surface area contributed by atoms with Gasteiger partial charge in [0.1, 0.15) is 36.3 Å². The van der Waals surface area contributed by atoms with Crippen LogP contribution in [-0.2, 0) is 28.4 Å².